The van der Waals surface area contributed by atoms with Crippen LogP contribution in [0.2, 0.25) is 0 Å². The van der Waals surface area contributed by atoms with Crippen LogP contribution in [0.5, 0.6) is 11.5 Å². The maximum absolute atomic E-state index is 6.11. The van der Waals surface area contributed by atoms with Crippen molar-refractivity contribution in [2.45, 2.75) is 13.8 Å². The summed E-state index contributed by atoms with van der Waals surface area (Å²) in [6.07, 6.45) is 0. The molecule has 0 saturated heterocycles. The number of aromatic nitrogens is 3. The summed E-state index contributed by atoms with van der Waals surface area (Å²) >= 11 is 1.56. The lowest BCUT2D eigenvalue weighted by Crippen LogP contribution is -1.95. The lowest BCUT2D eigenvalue weighted by Gasteiger charge is -2.09. The van der Waals surface area contributed by atoms with Gasteiger partial charge in [0.1, 0.15) is 16.9 Å². The largest absolute Gasteiger partial charge is 0.451 e. The molecule has 3 aromatic rings. The number of aryl methyl sites for hydroxylation is 2. The number of thiazole rings is 1. The smallest absolute Gasteiger partial charge is 0.171 e. The average molecular weight is 274 g/mol. The van der Waals surface area contributed by atoms with Crippen LogP contribution in [0.25, 0.3) is 10.2 Å². The van der Waals surface area contributed by atoms with Crippen molar-refractivity contribution in [3.63, 3.8) is 0 Å². The van der Waals surface area contributed by atoms with Gasteiger partial charge in [0.2, 0.25) is 0 Å². The standard InChI is InChI=1S/C13H14N4OS/c1-7-13(8(2)17(3)16-7)18-9-4-5-10-12(11(9)14)15-6-19-10/h4-6H,14H2,1-3H3. The lowest BCUT2D eigenvalue weighted by atomic mass is 10.2. The number of hydrogen-bond donors (Lipinski definition) is 1. The Labute approximate surface area is 114 Å². The fourth-order valence-electron chi connectivity index (χ4n) is 2.03. The fraction of sp³-hybridized carbons (Fsp3) is 0.231. The number of ether oxygens (including phenoxy) is 1. The van der Waals surface area contributed by atoms with Crippen molar-refractivity contribution in [1.29, 1.82) is 0 Å². The van der Waals surface area contributed by atoms with E-state index in [0.29, 0.717) is 11.4 Å². The molecule has 0 aliphatic heterocycles. The molecular formula is C13H14N4OS. The highest BCUT2D eigenvalue weighted by Gasteiger charge is 2.15. The van der Waals surface area contributed by atoms with Gasteiger partial charge in [0.25, 0.3) is 0 Å². The van der Waals surface area contributed by atoms with Gasteiger partial charge in [-0.3, -0.25) is 4.68 Å². The van der Waals surface area contributed by atoms with E-state index in [-0.39, 0.29) is 0 Å². The summed E-state index contributed by atoms with van der Waals surface area (Å²) < 4.78 is 8.78. The van der Waals surface area contributed by atoms with Gasteiger partial charge in [-0.15, -0.1) is 11.3 Å². The Morgan fingerprint density at radius 2 is 2.11 bits per heavy atom. The van der Waals surface area contributed by atoms with Gasteiger partial charge in [-0.25, -0.2) is 4.98 Å². The minimum atomic E-state index is 0.571. The summed E-state index contributed by atoms with van der Waals surface area (Å²) in [5.41, 5.74) is 11.1. The van der Waals surface area contributed by atoms with Crippen molar-refractivity contribution in [2.75, 3.05) is 5.73 Å². The Bertz CT molecular complexity index is 759. The molecule has 6 heteroatoms. The number of anilines is 1. The molecule has 0 atom stereocenters. The Hall–Kier alpha value is -2.08. The van der Waals surface area contributed by atoms with Gasteiger partial charge in [-0.05, 0) is 26.0 Å². The first-order valence-electron chi connectivity index (χ1n) is 5.87. The van der Waals surface area contributed by atoms with Crippen LogP contribution in [0.15, 0.2) is 17.6 Å². The highest BCUT2D eigenvalue weighted by molar-refractivity contribution is 7.16. The maximum Gasteiger partial charge on any atom is 0.171 e. The molecule has 0 radical (unpaired) electrons. The number of nitrogens with two attached hydrogens (primary N) is 1. The molecule has 3 rings (SSSR count). The zero-order chi connectivity index (χ0) is 13.6. The minimum Gasteiger partial charge on any atom is -0.451 e. The number of fused-ring (bicyclic) bond motifs is 1. The van der Waals surface area contributed by atoms with Gasteiger partial charge >= 0.3 is 0 Å². The summed E-state index contributed by atoms with van der Waals surface area (Å²) in [5.74, 6) is 1.38. The second-order valence-electron chi connectivity index (χ2n) is 4.40. The third kappa shape index (κ3) is 1.84. The van der Waals surface area contributed by atoms with Gasteiger partial charge in [0.05, 0.1) is 15.9 Å². The minimum absolute atomic E-state index is 0.571. The maximum atomic E-state index is 6.11. The molecule has 5 nitrogen and oxygen atoms in total. The zero-order valence-corrected chi connectivity index (χ0v) is 11.8. The molecule has 19 heavy (non-hydrogen) atoms. The van der Waals surface area contributed by atoms with Crippen molar-refractivity contribution in [3.8, 4) is 11.5 Å². The average Bonchev–Trinajstić information content (AvgIpc) is 2.93. The Morgan fingerprint density at radius 1 is 1.32 bits per heavy atom. The van der Waals surface area contributed by atoms with E-state index in [1.54, 1.807) is 21.5 Å². The molecule has 0 fully saturated rings. The number of hydrogen-bond acceptors (Lipinski definition) is 5. The zero-order valence-electron chi connectivity index (χ0n) is 11.0. The van der Waals surface area contributed by atoms with Crippen LogP contribution in [0.1, 0.15) is 11.4 Å². The summed E-state index contributed by atoms with van der Waals surface area (Å²) in [6.45, 7) is 3.88. The second kappa shape index (κ2) is 4.24. The Balaban J connectivity index is 2.08. The van der Waals surface area contributed by atoms with E-state index in [9.17, 15) is 0 Å². The molecule has 2 aromatic heterocycles. The molecule has 2 heterocycles. The van der Waals surface area contributed by atoms with Crippen LogP contribution in [-0.4, -0.2) is 14.8 Å². The number of nitrogen functional groups attached to an aromatic ring is 1. The van der Waals surface area contributed by atoms with Crippen LogP contribution >= 0.6 is 11.3 Å². The lowest BCUT2D eigenvalue weighted by molar-refractivity contribution is 0.477. The van der Waals surface area contributed by atoms with Gasteiger partial charge in [-0.2, -0.15) is 5.10 Å². The summed E-state index contributed by atoms with van der Waals surface area (Å²) in [4.78, 5) is 4.26. The van der Waals surface area contributed by atoms with E-state index in [1.165, 1.54) is 0 Å². The molecule has 0 aliphatic rings. The van der Waals surface area contributed by atoms with E-state index >= 15 is 0 Å². The second-order valence-corrected chi connectivity index (χ2v) is 5.29. The Morgan fingerprint density at radius 3 is 2.79 bits per heavy atom. The van der Waals surface area contributed by atoms with Gasteiger partial charge < -0.3 is 10.5 Å². The van der Waals surface area contributed by atoms with Crippen LogP contribution < -0.4 is 10.5 Å². The summed E-state index contributed by atoms with van der Waals surface area (Å²) in [7, 11) is 1.89. The first kappa shape index (κ1) is 12.0. The van der Waals surface area contributed by atoms with Crippen LogP contribution in [0.4, 0.5) is 5.69 Å². The molecule has 0 spiro atoms. The van der Waals surface area contributed by atoms with Crippen LogP contribution in [0.3, 0.4) is 0 Å². The molecule has 98 valence electrons. The summed E-state index contributed by atoms with van der Waals surface area (Å²) in [6, 6.07) is 3.85. The van der Waals surface area contributed by atoms with Crippen LogP contribution in [-0.2, 0) is 7.05 Å². The first-order chi connectivity index (χ1) is 9.08. The predicted molar refractivity (Wildman–Crippen MR) is 76.8 cm³/mol. The molecule has 0 amide bonds. The summed E-state index contributed by atoms with van der Waals surface area (Å²) in [5, 5.41) is 4.33. The van der Waals surface area contributed by atoms with E-state index in [2.05, 4.69) is 10.1 Å². The highest BCUT2D eigenvalue weighted by atomic mass is 32.1. The third-order valence-electron chi connectivity index (χ3n) is 3.16. The Kier molecular flexibility index (Phi) is 2.67. The van der Waals surface area contributed by atoms with Gasteiger partial charge in [0, 0.05) is 7.05 Å². The molecule has 1 aromatic carbocycles. The van der Waals surface area contributed by atoms with Crippen molar-refractivity contribution in [3.05, 3.63) is 29.0 Å². The van der Waals surface area contributed by atoms with Crippen molar-refractivity contribution in [1.82, 2.24) is 14.8 Å². The van der Waals surface area contributed by atoms with Crippen molar-refractivity contribution < 1.29 is 4.74 Å². The van der Waals surface area contributed by atoms with Crippen molar-refractivity contribution >= 4 is 27.2 Å². The molecule has 2 N–H and O–H groups in total. The normalized spacial score (nSPS) is 11.1. The molecule has 0 aliphatic carbocycles. The van der Waals surface area contributed by atoms with Gasteiger partial charge in [-0.1, -0.05) is 0 Å². The van der Waals surface area contributed by atoms with Crippen LogP contribution in [0, 0.1) is 13.8 Å². The number of benzene rings is 1. The SMILES string of the molecule is Cc1nn(C)c(C)c1Oc1ccc2scnc2c1N. The fourth-order valence-corrected chi connectivity index (χ4v) is 2.73. The monoisotopic (exact) mass is 274 g/mol. The predicted octanol–water partition coefficient (Wildman–Crippen LogP) is 3.02. The molecular weight excluding hydrogens is 260 g/mol. The van der Waals surface area contributed by atoms with Gasteiger partial charge in [0.15, 0.2) is 11.5 Å². The van der Waals surface area contributed by atoms with E-state index in [0.717, 1.165) is 27.4 Å². The topological polar surface area (TPSA) is 66.0 Å². The number of rotatable bonds is 2. The van der Waals surface area contributed by atoms with E-state index < -0.39 is 0 Å². The van der Waals surface area contributed by atoms with E-state index in [4.69, 9.17) is 10.5 Å². The molecule has 0 bridgehead atoms. The van der Waals surface area contributed by atoms with Crippen molar-refractivity contribution in [2.24, 2.45) is 7.05 Å². The molecule has 0 saturated carbocycles. The quantitative estimate of drug-likeness (QED) is 0.729. The first-order valence-corrected chi connectivity index (χ1v) is 6.75. The number of nitrogens with zero attached hydrogens (tertiary/aromatic N) is 3. The molecule has 0 unspecified atom stereocenters. The highest BCUT2D eigenvalue weighted by Crippen LogP contribution is 2.36. The third-order valence-corrected chi connectivity index (χ3v) is 3.95. The van der Waals surface area contributed by atoms with E-state index in [1.807, 2.05) is 33.0 Å².